The molecule has 1 aromatic heterocycles. The Morgan fingerprint density at radius 2 is 1.73 bits per heavy atom. The number of benzene rings is 2. The van der Waals surface area contributed by atoms with E-state index in [1.807, 2.05) is 13.0 Å². The molecular weight excluding hydrogens is 533 g/mol. The summed E-state index contributed by atoms with van der Waals surface area (Å²) in [6.45, 7) is 6.67. The predicted octanol–water partition coefficient (Wildman–Crippen LogP) is 5.90. The third-order valence-electron chi connectivity index (χ3n) is 5.97. The third-order valence-corrected chi connectivity index (χ3v) is 5.97. The number of rotatable bonds is 14. The van der Waals surface area contributed by atoms with Crippen LogP contribution in [0.1, 0.15) is 62.7 Å². The van der Waals surface area contributed by atoms with E-state index in [9.17, 15) is 18.8 Å². The zero-order valence-electron chi connectivity index (χ0n) is 23.7. The molecule has 0 aliphatic carbocycles. The standard InChI is InChI=1S/C31H34FNO8/c1-6-16-38-27-18-22(32)12-13-24(27)29(41-23-10-8-7-9-11-23)20(3)39-31(36)19(2)17-25(35)28-30(40-21(4)34)26(37-5)14-15-33-28/h7-15,18-20,29H,6,16-17H2,1-5H3/t19-,20+,29+/m1/s1. The molecule has 0 aliphatic rings. The topological polar surface area (TPSA) is 110 Å². The molecule has 3 aromatic rings. The molecule has 0 fully saturated rings. The van der Waals surface area contributed by atoms with Crippen LogP contribution in [0.2, 0.25) is 0 Å². The van der Waals surface area contributed by atoms with Gasteiger partial charge in [-0.15, -0.1) is 0 Å². The van der Waals surface area contributed by atoms with Gasteiger partial charge in [-0.2, -0.15) is 0 Å². The molecule has 1 heterocycles. The van der Waals surface area contributed by atoms with E-state index in [2.05, 4.69) is 4.98 Å². The SMILES string of the molecule is CCCOc1cc(F)ccc1[C@@H](Oc1ccccc1)[C@H](C)OC(=O)[C@H](C)CC(=O)c1nccc(OC)c1OC(C)=O. The van der Waals surface area contributed by atoms with Crippen molar-refractivity contribution in [2.24, 2.45) is 5.92 Å². The minimum atomic E-state index is -0.885. The Bertz CT molecular complexity index is 1350. The monoisotopic (exact) mass is 567 g/mol. The summed E-state index contributed by atoms with van der Waals surface area (Å²) in [5.41, 5.74) is 0.362. The van der Waals surface area contributed by atoms with Gasteiger partial charge in [0.2, 0.25) is 5.75 Å². The second-order valence-electron chi connectivity index (χ2n) is 9.34. The first-order valence-electron chi connectivity index (χ1n) is 13.2. The molecule has 0 amide bonds. The lowest BCUT2D eigenvalue weighted by molar-refractivity contribution is -0.157. The van der Waals surface area contributed by atoms with Gasteiger partial charge in [0.05, 0.1) is 19.6 Å². The number of hydrogen-bond acceptors (Lipinski definition) is 9. The number of para-hydroxylation sites is 1. The third kappa shape index (κ3) is 8.51. The van der Waals surface area contributed by atoms with Crippen LogP contribution in [0.5, 0.6) is 23.0 Å². The molecule has 0 bridgehead atoms. The Balaban J connectivity index is 1.82. The Kier molecular flexibility index (Phi) is 11.2. The first-order valence-corrected chi connectivity index (χ1v) is 13.2. The summed E-state index contributed by atoms with van der Waals surface area (Å²) in [6.07, 6.45) is 0.0632. The minimum absolute atomic E-state index is 0.117. The highest BCUT2D eigenvalue weighted by Crippen LogP contribution is 2.35. The molecule has 0 radical (unpaired) electrons. The van der Waals surface area contributed by atoms with Gasteiger partial charge in [-0.05, 0) is 37.6 Å². The zero-order valence-corrected chi connectivity index (χ0v) is 23.7. The summed E-state index contributed by atoms with van der Waals surface area (Å²) < 4.78 is 42.2. The summed E-state index contributed by atoms with van der Waals surface area (Å²) in [5, 5.41) is 0. The fourth-order valence-electron chi connectivity index (χ4n) is 3.99. The van der Waals surface area contributed by atoms with Crippen LogP contribution in [0, 0.1) is 11.7 Å². The van der Waals surface area contributed by atoms with E-state index in [1.54, 1.807) is 38.1 Å². The van der Waals surface area contributed by atoms with E-state index in [-0.39, 0.29) is 29.4 Å². The van der Waals surface area contributed by atoms with Crippen LogP contribution >= 0.6 is 0 Å². The molecule has 0 saturated heterocycles. The van der Waals surface area contributed by atoms with Gasteiger partial charge in [-0.25, -0.2) is 9.37 Å². The van der Waals surface area contributed by atoms with Crippen LogP contribution in [0.3, 0.4) is 0 Å². The van der Waals surface area contributed by atoms with Gasteiger partial charge >= 0.3 is 11.9 Å². The van der Waals surface area contributed by atoms with Crippen molar-refractivity contribution < 1.29 is 42.5 Å². The smallest absolute Gasteiger partial charge is 0.309 e. The van der Waals surface area contributed by atoms with Crippen molar-refractivity contribution in [3.05, 3.63) is 77.9 Å². The number of carbonyl (C=O) groups excluding carboxylic acids is 3. The van der Waals surface area contributed by atoms with E-state index in [0.717, 1.165) is 0 Å². The number of esters is 2. The lowest BCUT2D eigenvalue weighted by Gasteiger charge is -2.28. The summed E-state index contributed by atoms with van der Waals surface area (Å²) in [4.78, 5) is 41.9. The fraction of sp³-hybridized carbons (Fsp3) is 0.355. The Hall–Kier alpha value is -4.47. The Morgan fingerprint density at radius 1 is 1.00 bits per heavy atom. The number of nitrogens with zero attached hydrogens (tertiary/aromatic N) is 1. The second-order valence-corrected chi connectivity index (χ2v) is 9.34. The van der Waals surface area contributed by atoms with Crippen molar-refractivity contribution >= 4 is 17.7 Å². The summed E-state index contributed by atoms with van der Waals surface area (Å²) in [6, 6.07) is 14.5. The molecule has 0 unspecified atom stereocenters. The molecule has 3 atom stereocenters. The predicted molar refractivity (Wildman–Crippen MR) is 148 cm³/mol. The molecule has 218 valence electrons. The maximum absolute atomic E-state index is 14.1. The molecule has 3 rings (SSSR count). The van der Waals surface area contributed by atoms with Crippen LogP contribution in [0.25, 0.3) is 0 Å². The van der Waals surface area contributed by atoms with Crippen molar-refractivity contribution in [2.75, 3.05) is 13.7 Å². The van der Waals surface area contributed by atoms with Crippen LogP contribution in [-0.2, 0) is 14.3 Å². The van der Waals surface area contributed by atoms with E-state index < -0.39 is 41.7 Å². The highest BCUT2D eigenvalue weighted by molar-refractivity contribution is 5.99. The fourth-order valence-corrected chi connectivity index (χ4v) is 3.99. The van der Waals surface area contributed by atoms with Crippen molar-refractivity contribution in [1.82, 2.24) is 4.98 Å². The molecule has 10 heteroatoms. The van der Waals surface area contributed by atoms with Crippen LogP contribution in [0.15, 0.2) is 60.8 Å². The highest BCUT2D eigenvalue weighted by atomic mass is 19.1. The van der Waals surface area contributed by atoms with E-state index in [0.29, 0.717) is 24.3 Å². The first-order chi connectivity index (χ1) is 19.6. The first kappa shape index (κ1) is 31.1. The van der Waals surface area contributed by atoms with Crippen molar-refractivity contribution in [1.29, 1.82) is 0 Å². The van der Waals surface area contributed by atoms with Gasteiger partial charge in [-0.1, -0.05) is 32.0 Å². The normalized spacial score (nSPS) is 12.9. The largest absolute Gasteiger partial charge is 0.493 e. The summed E-state index contributed by atoms with van der Waals surface area (Å²) >= 11 is 0. The average Bonchev–Trinajstić information content (AvgIpc) is 2.95. The van der Waals surface area contributed by atoms with Gasteiger partial charge < -0.3 is 23.7 Å². The van der Waals surface area contributed by atoms with Gasteiger partial charge in [0.1, 0.15) is 23.4 Å². The second kappa shape index (κ2) is 14.8. The van der Waals surface area contributed by atoms with Crippen LogP contribution in [0.4, 0.5) is 4.39 Å². The molecule has 9 nitrogen and oxygen atoms in total. The van der Waals surface area contributed by atoms with Crippen molar-refractivity contribution in [2.45, 2.75) is 52.7 Å². The zero-order chi connectivity index (χ0) is 29.9. The number of Topliss-reactive ketones (excluding diaryl/α,β-unsaturated/α-hetero) is 1. The van der Waals surface area contributed by atoms with Crippen LogP contribution < -0.4 is 18.9 Å². The lowest BCUT2D eigenvalue weighted by atomic mass is 10.0. The average molecular weight is 568 g/mol. The number of hydrogen-bond donors (Lipinski definition) is 0. The number of halogens is 1. The molecule has 0 spiro atoms. The van der Waals surface area contributed by atoms with E-state index in [1.165, 1.54) is 44.5 Å². The molecular formula is C31H34FNO8. The van der Waals surface area contributed by atoms with Gasteiger partial charge in [0.15, 0.2) is 23.3 Å². The number of carbonyl (C=O) groups is 3. The molecule has 0 saturated carbocycles. The highest BCUT2D eigenvalue weighted by Gasteiger charge is 2.31. The summed E-state index contributed by atoms with van der Waals surface area (Å²) in [5.74, 6) is -2.39. The van der Waals surface area contributed by atoms with E-state index in [4.69, 9.17) is 23.7 Å². The maximum Gasteiger partial charge on any atom is 0.309 e. The quantitative estimate of drug-likeness (QED) is 0.174. The van der Waals surface area contributed by atoms with Crippen molar-refractivity contribution in [3.8, 4) is 23.0 Å². The van der Waals surface area contributed by atoms with Gasteiger partial charge in [-0.3, -0.25) is 14.4 Å². The number of aromatic nitrogens is 1. The van der Waals surface area contributed by atoms with E-state index >= 15 is 0 Å². The Labute approximate surface area is 238 Å². The molecule has 2 aromatic carbocycles. The lowest BCUT2D eigenvalue weighted by Crippen LogP contribution is -2.30. The molecule has 0 aliphatic heterocycles. The number of pyridine rings is 1. The minimum Gasteiger partial charge on any atom is -0.493 e. The molecule has 0 N–H and O–H groups in total. The number of ether oxygens (including phenoxy) is 5. The molecule has 41 heavy (non-hydrogen) atoms. The van der Waals surface area contributed by atoms with Gasteiger partial charge in [0.25, 0.3) is 0 Å². The number of ketones is 1. The van der Waals surface area contributed by atoms with Crippen molar-refractivity contribution in [3.63, 3.8) is 0 Å². The Morgan fingerprint density at radius 3 is 2.39 bits per heavy atom. The van der Waals surface area contributed by atoms with Crippen LogP contribution in [-0.4, -0.2) is 42.5 Å². The maximum atomic E-state index is 14.1. The van der Waals surface area contributed by atoms with Gasteiger partial charge in [0, 0.05) is 37.2 Å². The summed E-state index contributed by atoms with van der Waals surface area (Å²) in [7, 11) is 1.37. The number of methoxy groups -OCH3 is 1.